The molecule has 0 bridgehead atoms. The molecule has 0 radical (unpaired) electrons. The average molecular weight is 264 g/mol. The summed E-state index contributed by atoms with van der Waals surface area (Å²) in [5.74, 6) is 1.41. The molecule has 5 nitrogen and oxygen atoms in total. The van der Waals surface area contributed by atoms with Crippen LogP contribution in [0.1, 0.15) is 18.9 Å². The molecular weight excluding hydrogens is 244 g/mol. The maximum absolute atomic E-state index is 12.2. The molecule has 19 heavy (non-hydrogen) atoms. The number of nitrogens with one attached hydrogen (secondary N) is 1. The fourth-order valence-corrected chi connectivity index (χ4v) is 2.18. The zero-order chi connectivity index (χ0) is 14.0. The maximum Gasteiger partial charge on any atom is 0.241 e. The van der Waals surface area contributed by atoms with Crippen LogP contribution in [0.3, 0.4) is 0 Å². The second-order valence-corrected chi connectivity index (χ2v) is 4.90. The van der Waals surface area contributed by atoms with E-state index in [9.17, 15) is 4.79 Å². The van der Waals surface area contributed by atoms with Gasteiger partial charge in [-0.05, 0) is 39.1 Å². The number of hydrogen-bond donors (Lipinski definition) is 1. The second-order valence-electron chi connectivity index (χ2n) is 4.90. The molecule has 0 unspecified atom stereocenters. The molecule has 1 heterocycles. The van der Waals surface area contributed by atoms with Crippen molar-refractivity contribution in [2.45, 2.75) is 26.3 Å². The quantitative estimate of drug-likeness (QED) is 0.903. The molecule has 1 aliphatic heterocycles. The van der Waals surface area contributed by atoms with Gasteiger partial charge in [-0.1, -0.05) is 6.92 Å². The maximum atomic E-state index is 12.2. The standard InChI is InChI=1S/C14H20N2O3/c1-5-11(16(3)4)14(17)15-10-7-13-12(6-9(10)2)18-8-19-13/h6-7,11H,5,8H2,1-4H3,(H,15,17)/t11-/m0/s1. The van der Waals surface area contributed by atoms with Gasteiger partial charge in [-0.25, -0.2) is 0 Å². The van der Waals surface area contributed by atoms with Gasteiger partial charge >= 0.3 is 0 Å². The Bertz CT molecular complexity index is 486. The van der Waals surface area contributed by atoms with Crippen LogP contribution in [-0.4, -0.2) is 37.7 Å². The Morgan fingerprint density at radius 2 is 2.00 bits per heavy atom. The van der Waals surface area contributed by atoms with Crippen molar-refractivity contribution in [1.29, 1.82) is 0 Å². The summed E-state index contributed by atoms with van der Waals surface area (Å²) in [6.45, 7) is 4.17. The lowest BCUT2D eigenvalue weighted by molar-refractivity contribution is -0.120. The van der Waals surface area contributed by atoms with Crippen LogP contribution in [0.15, 0.2) is 12.1 Å². The van der Waals surface area contributed by atoms with Crippen molar-refractivity contribution in [2.24, 2.45) is 0 Å². The third kappa shape index (κ3) is 2.81. The number of ether oxygens (including phenoxy) is 2. The predicted octanol–water partition coefficient (Wildman–Crippen LogP) is 2.00. The normalized spacial score (nSPS) is 14.6. The summed E-state index contributed by atoms with van der Waals surface area (Å²) in [6, 6.07) is 3.57. The number of likely N-dealkylation sites (N-methyl/N-ethyl adjacent to an activating group) is 1. The number of benzene rings is 1. The van der Waals surface area contributed by atoms with Gasteiger partial charge in [0, 0.05) is 11.8 Å². The van der Waals surface area contributed by atoms with Crippen LogP contribution >= 0.6 is 0 Å². The van der Waals surface area contributed by atoms with E-state index in [1.165, 1.54) is 0 Å². The van der Waals surface area contributed by atoms with Crippen molar-refractivity contribution < 1.29 is 14.3 Å². The van der Waals surface area contributed by atoms with Crippen molar-refractivity contribution in [3.63, 3.8) is 0 Å². The smallest absolute Gasteiger partial charge is 0.241 e. The molecule has 5 heteroatoms. The Labute approximate surface area is 113 Å². The van der Waals surface area contributed by atoms with E-state index in [0.717, 1.165) is 23.4 Å². The first-order valence-corrected chi connectivity index (χ1v) is 6.40. The molecular formula is C14H20N2O3. The van der Waals surface area contributed by atoms with E-state index in [4.69, 9.17) is 9.47 Å². The van der Waals surface area contributed by atoms with Crippen LogP contribution in [0.5, 0.6) is 11.5 Å². The predicted molar refractivity (Wildman–Crippen MR) is 73.7 cm³/mol. The van der Waals surface area contributed by atoms with Crippen molar-refractivity contribution >= 4 is 11.6 Å². The molecule has 1 aliphatic rings. The molecule has 0 saturated heterocycles. The zero-order valence-corrected chi connectivity index (χ0v) is 11.8. The van der Waals surface area contributed by atoms with Gasteiger partial charge in [0.1, 0.15) is 0 Å². The van der Waals surface area contributed by atoms with Gasteiger partial charge in [0.15, 0.2) is 11.5 Å². The fraction of sp³-hybridized carbons (Fsp3) is 0.500. The van der Waals surface area contributed by atoms with Crippen LogP contribution < -0.4 is 14.8 Å². The van der Waals surface area contributed by atoms with E-state index in [-0.39, 0.29) is 18.7 Å². The van der Waals surface area contributed by atoms with E-state index >= 15 is 0 Å². The van der Waals surface area contributed by atoms with Crippen LogP contribution in [0.2, 0.25) is 0 Å². The summed E-state index contributed by atoms with van der Waals surface area (Å²) in [5.41, 5.74) is 1.74. The number of carbonyl (C=O) groups is 1. The number of hydrogen-bond acceptors (Lipinski definition) is 4. The second kappa shape index (κ2) is 5.48. The van der Waals surface area contributed by atoms with Crippen LogP contribution in [0, 0.1) is 6.92 Å². The molecule has 1 N–H and O–H groups in total. The Morgan fingerprint density at radius 3 is 2.58 bits per heavy atom. The molecule has 0 aromatic heterocycles. The Kier molecular flexibility index (Phi) is 3.95. The zero-order valence-electron chi connectivity index (χ0n) is 11.8. The lowest BCUT2D eigenvalue weighted by atomic mass is 10.1. The van der Waals surface area contributed by atoms with Crippen LogP contribution in [-0.2, 0) is 4.79 Å². The first-order chi connectivity index (χ1) is 9.02. The largest absolute Gasteiger partial charge is 0.454 e. The minimum Gasteiger partial charge on any atom is -0.454 e. The molecule has 0 saturated carbocycles. The lowest BCUT2D eigenvalue weighted by Gasteiger charge is -2.22. The number of nitrogens with zero attached hydrogens (tertiary/aromatic N) is 1. The highest BCUT2D eigenvalue weighted by Crippen LogP contribution is 2.36. The number of aryl methyl sites for hydroxylation is 1. The van der Waals surface area contributed by atoms with Crippen molar-refractivity contribution in [1.82, 2.24) is 4.90 Å². The molecule has 1 atom stereocenters. The molecule has 2 rings (SSSR count). The molecule has 1 amide bonds. The highest BCUT2D eigenvalue weighted by Gasteiger charge is 2.21. The summed E-state index contributed by atoms with van der Waals surface area (Å²) in [4.78, 5) is 14.1. The van der Waals surface area contributed by atoms with E-state index < -0.39 is 0 Å². The molecule has 0 fully saturated rings. The topological polar surface area (TPSA) is 50.8 Å². The van der Waals surface area contributed by atoms with Crippen LogP contribution in [0.25, 0.3) is 0 Å². The van der Waals surface area contributed by atoms with Gasteiger partial charge in [0.05, 0.1) is 6.04 Å². The minimum atomic E-state index is -0.134. The van der Waals surface area contributed by atoms with Gasteiger partial charge in [-0.2, -0.15) is 0 Å². The summed E-state index contributed by atoms with van der Waals surface area (Å²) < 4.78 is 10.6. The first kappa shape index (κ1) is 13.7. The third-order valence-corrected chi connectivity index (χ3v) is 3.29. The number of carbonyl (C=O) groups excluding carboxylic acids is 1. The van der Waals surface area contributed by atoms with E-state index in [1.54, 1.807) is 0 Å². The molecule has 0 aliphatic carbocycles. The number of rotatable bonds is 4. The Morgan fingerprint density at radius 1 is 1.37 bits per heavy atom. The third-order valence-electron chi connectivity index (χ3n) is 3.29. The Balaban J connectivity index is 2.17. The van der Waals surface area contributed by atoms with E-state index in [1.807, 2.05) is 45.0 Å². The van der Waals surface area contributed by atoms with Gasteiger partial charge in [-0.15, -0.1) is 0 Å². The first-order valence-electron chi connectivity index (χ1n) is 6.40. The SMILES string of the molecule is CC[C@@H](C(=O)Nc1cc2c(cc1C)OCO2)N(C)C. The highest BCUT2D eigenvalue weighted by molar-refractivity contribution is 5.95. The van der Waals surface area contributed by atoms with Crippen LogP contribution in [0.4, 0.5) is 5.69 Å². The van der Waals surface area contributed by atoms with Crippen molar-refractivity contribution in [3.05, 3.63) is 17.7 Å². The van der Waals surface area contributed by atoms with Crippen molar-refractivity contribution in [3.8, 4) is 11.5 Å². The van der Waals surface area contributed by atoms with E-state index in [2.05, 4.69) is 5.32 Å². The van der Waals surface area contributed by atoms with E-state index in [0.29, 0.717) is 5.75 Å². The Hall–Kier alpha value is -1.75. The molecule has 104 valence electrons. The summed E-state index contributed by atoms with van der Waals surface area (Å²) in [6.07, 6.45) is 0.766. The summed E-state index contributed by atoms with van der Waals surface area (Å²) in [5, 5.41) is 2.96. The van der Waals surface area contributed by atoms with Gasteiger partial charge < -0.3 is 14.8 Å². The number of fused-ring (bicyclic) bond motifs is 1. The lowest BCUT2D eigenvalue weighted by Crippen LogP contribution is -2.39. The average Bonchev–Trinajstić information content (AvgIpc) is 2.76. The highest BCUT2D eigenvalue weighted by atomic mass is 16.7. The summed E-state index contributed by atoms with van der Waals surface area (Å²) in [7, 11) is 3.81. The van der Waals surface area contributed by atoms with Crippen molar-refractivity contribution in [2.75, 3.05) is 26.2 Å². The summed E-state index contributed by atoms with van der Waals surface area (Å²) >= 11 is 0. The number of anilines is 1. The molecule has 1 aromatic rings. The monoisotopic (exact) mass is 264 g/mol. The minimum absolute atomic E-state index is 0.00512. The van der Waals surface area contributed by atoms with Gasteiger partial charge in [-0.3, -0.25) is 9.69 Å². The molecule has 1 aromatic carbocycles. The van der Waals surface area contributed by atoms with Gasteiger partial charge in [0.2, 0.25) is 12.7 Å². The molecule has 0 spiro atoms. The fourth-order valence-electron chi connectivity index (χ4n) is 2.18. The number of amides is 1. The van der Waals surface area contributed by atoms with Gasteiger partial charge in [0.25, 0.3) is 0 Å².